The van der Waals surface area contributed by atoms with Gasteiger partial charge in [-0.25, -0.2) is 0 Å². The van der Waals surface area contributed by atoms with Gasteiger partial charge in [-0.15, -0.1) is 0 Å². The first-order chi connectivity index (χ1) is 11.5. The third-order valence-electron chi connectivity index (χ3n) is 3.67. The molecule has 2 aromatic rings. The minimum atomic E-state index is -0.545. The lowest BCUT2D eigenvalue weighted by Crippen LogP contribution is -2.44. The fourth-order valence-corrected chi connectivity index (χ4v) is 2.88. The summed E-state index contributed by atoms with van der Waals surface area (Å²) in [6, 6.07) is 8.47. The Hall–Kier alpha value is -2.28. The summed E-state index contributed by atoms with van der Waals surface area (Å²) in [6.07, 6.45) is 0.306. The molecule has 1 atom stereocenters. The van der Waals surface area contributed by atoms with Crippen LogP contribution >= 0.6 is 15.9 Å². The Bertz CT molecular complexity index is 787. The summed E-state index contributed by atoms with van der Waals surface area (Å²) in [7, 11) is 0. The maximum atomic E-state index is 12.2. The van der Waals surface area contributed by atoms with Gasteiger partial charge in [-0.05, 0) is 53.5 Å². The molecule has 1 aromatic carbocycles. The third-order valence-corrected chi connectivity index (χ3v) is 4.10. The second-order valence-electron chi connectivity index (χ2n) is 5.49. The summed E-state index contributed by atoms with van der Waals surface area (Å²) in [4.78, 5) is 26.1. The highest BCUT2D eigenvalue weighted by Crippen LogP contribution is 2.36. The second kappa shape index (κ2) is 6.68. The number of benzene rings is 1. The topological polar surface area (TPSA) is 71.8 Å². The van der Waals surface area contributed by atoms with E-state index in [0.29, 0.717) is 22.7 Å². The number of hydrogen-bond donors (Lipinski definition) is 1. The molecule has 0 aliphatic carbocycles. The maximum Gasteiger partial charge on any atom is 0.291 e. The standard InChI is InChI=1S/C17H17BrN2O4/c1-3-8-20-12-5-4-11(9-14(12)23-10(2)17(20)22)19-16(21)13-6-7-15(18)24-13/h4-7,9-10H,3,8H2,1-2H3,(H,19,21). The van der Waals surface area contributed by atoms with Gasteiger partial charge in [0.1, 0.15) is 5.75 Å². The Morgan fingerprint density at radius 2 is 2.12 bits per heavy atom. The zero-order chi connectivity index (χ0) is 17.3. The van der Waals surface area contributed by atoms with Crippen molar-refractivity contribution in [3.63, 3.8) is 0 Å². The maximum absolute atomic E-state index is 12.2. The number of hydrogen-bond acceptors (Lipinski definition) is 4. The molecule has 1 aromatic heterocycles. The number of nitrogens with one attached hydrogen (secondary N) is 1. The zero-order valence-electron chi connectivity index (χ0n) is 13.3. The molecule has 3 rings (SSSR count). The van der Waals surface area contributed by atoms with E-state index in [4.69, 9.17) is 9.15 Å². The number of fused-ring (bicyclic) bond motifs is 1. The van der Waals surface area contributed by atoms with Crippen LogP contribution in [0.15, 0.2) is 39.4 Å². The van der Waals surface area contributed by atoms with Crippen LogP contribution in [0.1, 0.15) is 30.8 Å². The van der Waals surface area contributed by atoms with E-state index >= 15 is 0 Å². The Morgan fingerprint density at radius 1 is 1.33 bits per heavy atom. The molecule has 1 N–H and O–H groups in total. The van der Waals surface area contributed by atoms with Crippen molar-refractivity contribution in [2.45, 2.75) is 26.4 Å². The van der Waals surface area contributed by atoms with Gasteiger partial charge in [0, 0.05) is 18.3 Å². The first-order valence-electron chi connectivity index (χ1n) is 7.68. The predicted octanol–water partition coefficient (Wildman–Crippen LogP) is 3.82. The summed E-state index contributed by atoms with van der Waals surface area (Å²) >= 11 is 3.16. The molecule has 0 bridgehead atoms. The minimum Gasteiger partial charge on any atom is -0.479 e. The lowest BCUT2D eigenvalue weighted by Gasteiger charge is -2.33. The average Bonchev–Trinajstić information content (AvgIpc) is 2.98. The van der Waals surface area contributed by atoms with E-state index in [2.05, 4.69) is 21.2 Å². The molecule has 2 amide bonds. The van der Waals surface area contributed by atoms with Crippen LogP contribution < -0.4 is 15.0 Å². The largest absolute Gasteiger partial charge is 0.479 e. The van der Waals surface area contributed by atoms with Gasteiger partial charge < -0.3 is 19.4 Å². The monoisotopic (exact) mass is 392 g/mol. The highest BCUT2D eigenvalue weighted by molar-refractivity contribution is 9.10. The molecule has 2 heterocycles. The van der Waals surface area contributed by atoms with Crippen LogP contribution in [0.25, 0.3) is 0 Å². The minimum absolute atomic E-state index is 0.0541. The van der Waals surface area contributed by atoms with Crippen LogP contribution in [0, 0.1) is 0 Å². The van der Waals surface area contributed by atoms with Crippen molar-refractivity contribution >= 4 is 39.1 Å². The highest BCUT2D eigenvalue weighted by Gasteiger charge is 2.31. The summed E-state index contributed by atoms with van der Waals surface area (Å²) in [5.41, 5.74) is 1.29. The van der Waals surface area contributed by atoms with Gasteiger partial charge in [-0.1, -0.05) is 6.92 Å². The lowest BCUT2D eigenvalue weighted by molar-refractivity contribution is -0.125. The van der Waals surface area contributed by atoms with Crippen LogP contribution in [0.4, 0.5) is 11.4 Å². The van der Waals surface area contributed by atoms with Gasteiger partial charge >= 0.3 is 0 Å². The number of ether oxygens (including phenoxy) is 1. The fraction of sp³-hybridized carbons (Fsp3) is 0.294. The van der Waals surface area contributed by atoms with E-state index in [1.54, 1.807) is 42.2 Å². The third kappa shape index (κ3) is 3.17. The van der Waals surface area contributed by atoms with E-state index in [-0.39, 0.29) is 17.6 Å². The molecule has 24 heavy (non-hydrogen) atoms. The summed E-state index contributed by atoms with van der Waals surface area (Å²) < 4.78 is 11.4. The van der Waals surface area contributed by atoms with Crippen molar-refractivity contribution in [3.8, 4) is 5.75 Å². The van der Waals surface area contributed by atoms with E-state index in [9.17, 15) is 9.59 Å². The van der Waals surface area contributed by atoms with Gasteiger partial charge in [-0.3, -0.25) is 9.59 Å². The summed E-state index contributed by atoms with van der Waals surface area (Å²) in [6.45, 7) is 4.37. The molecular weight excluding hydrogens is 376 g/mol. The molecule has 1 aliphatic heterocycles. The quantitative estimate of drug-likeness (QED) is 0.858. The smallest absolute Gasteiger partial charge is 0.291 e. The van der Waals surface area contributed by atoms with Crippen molar-refractivity contribution in [1.82, 2.24) is 0 Å². The Morgan fingerprint density at radius 3 is 2.79 bits per heavy atom. The van der Waals surface area contributed by atoms with E-state index < -0.39 is 6.10 Å². The average molecular weight is 393 g/mol. The molecular formula is C17H17BrN2O4. The van der Waals surface area contributed by atoms with Gasteiger partial charge in [0.25, 0.3) is 11.8 Å². The number of furan rings is 1. The first-order valence-corrected chi connectivity index (χ1v) is 8.47. The van der Waals surface area contributed by atoms with Crippen molar-refractivity contribution in [3.05, 3.63) is 40.8 Å². The van der Waals surface area contributed by atoms with Gasteiger partial charge in [0.05, 0.1) is 5.69 Å². The van der Waals surface area contributed by atoms with Crippen LogP contribution in [0.5, 0.6) is 5.75 Å². The molecule has 126 valence electrons. The van der Waals surface area contributed by atoms with E-state index in [0.717, 1.165) is 12.1 Å². The normalized spacial score (nSPS) is 16.5. The molecule has 1 aliphatic rings. The Balaban J connectivity index is 1.84. The SMILES string of the molecule is CCCN1C(=O)C(C)Oc2cc(NC(=O)c3ccc(Br)o3)ccc21. The summed E-state index contributed by atoms with van der Waals surface area (Å²) in [5, 5.41) is 2.76. The van der Waals surface area contributed by atoms with Gasteiger partial charge in [0.15, 0.2) is 16.5 Å². The first kappa shape index (κ1) is 16.6. The van der Waals surface area contributed by atoms with Crippen molar-refractivity contribution in [2.24, 2.45) is 0 Å². The Kier molecular flexibility index (Phi) is 4.62. The highest BCUT2D eigenvalue weighted by atomic mass is 79.9. The molecule has 0 fully saturated rings. The number of rotatable bonds is 4. The van der Waals surface area contributed by atoms with Crippen molar-refractivity contribution in [2.75, 3.05) is 16.8 Å². The van der Waals surface area contributed by atoms with Gasteiger partial charge in [-0.2, -0.15) is 0 Å². The van der Waals surface area contributed by atoms with Crippen molar-refractivity contribution < 1.29 is 18.7 Å². The molecule has 6 nitrogen and oxygen atoms in total. The van der Waals surface area contributed by atoms with Crippen molar-refractivity contribution in [1.29, 1.82) is 0 Å². The van der Waals surface area contributed by atoms with Crippen LogP contribution in [0.2, 0.25) is 0 Å². The molecule has 1 unspecified atom stereocenters. The van der Waals surface area contributed by atoms with Crippen LogP contribution in [-0.2, 0) is 4.79 Å². The fourth-order valence-electron chi connectivity index (χ4n) is 2.57. The van der Waals surface area contributed by atoms with Crippen LogP contribution in [0.3, 0.4) is 0 Å². The number of anilines is 2. The predicted molar refractivity (Wildman–Crippen MR) is 93.5 cm³/mol. The Labute approximate surface area is 147 Å². The summed E-state index contributed by atoms with van der Waals surface area (Å²) in [5.74, 6) is 0.373. The number of halogens is 1. The number of amides is 2. The van der Waals surface area contributed by atoms with E-state index in [1.165, 1.54) is 0 Å². The molecule has 0 radical (unpaired) electrons. The molecule has 0 spiro atoms. The lowest BCUT2D eigenvalue weighted by atomic mass is 10.1. The van der Waals surface area contributed by atoms with Crippen LogP contribution in [-0.4, -0.2) is 24.5 Å². The number of nitrogens with zero attached hydrogens (tertiary/aromatic N) is 1. The molecule has 0 saturated heterocycles. The molecule has 0 saturated carbocycles. The number of carbonyl (C=O) groups is 2. The van der Waals surface area contributed by atoms with Gasteiger partial charge in [0.2, 0.25) is 0 Å². The molecule has 7 heteroatoms. The number of carbonyl (C=O) groups excluding carboxylic acids is 2. The second-order valence-corrected chi connectivity index (χ2v) is 6.27. The zero-order valence-corrected chi connectivity index (χ0v) is 14.9. The van der Waals surface area contributed by atoms with E-state index in [1.807, 2.05) is 6.92 Å².